The molecular formula is C12H13N5OS. The fourth-order valence-corrected chi connectivity index (χ4v) is 2.64. The van der Waals surface area contributed by atoms with Crippen LogP contribution in [0.5, 0.6) is 0 Å². The third-order valence-electron chi connectivity index (χ3n) is 2.44. The maximum Gasteiger partial charge on any atom is 0.251 e. The summed E-state index contributed by atoms with van der Waals surface area (Å²) in [5, 5.41) is 8.59. The second kappa shape index (κ2) is 5.23. The van der Waals surface area contributed by atoms with Crippen molar-refractivity contribution in [2.75, 3.05) is 0 Å². The van der Waals surface area contributed by atoms with E-state index in [4.69, 9.17) is 11.1 Å². The zero-order chi connectivity index (χ0) is 14.0. The number of aromatic nitrogens is 3. The Hall–Kier alpha value is -2.15. The molecule has 2 aromatic heterocycles. The van der Waals surface area contributed by atoms with Crippen molar-refractivity contribution in [1.29, 1.82) is 5.41 Å². The van der Waals surface area contributed by atoms with Crippen LogP contribution in [0.1, 0.15) is 16.8 Å². The van der Waals surface area contributed by atoms with Crippen LogP contribution >= 0.6 is 11.8 Å². The molecule has 0 saturated heterocycles. The van der Waals surface area contributed by atoms with Crippen LogP contribution in [0.4, 0.5) is 0 Å². The van der Waals surface area contributed by atoms with E-state index in [0.29, 0.717) is 21.4 Å². The zero-order valence-electron chi connectivity index (χ0n) is 10.5. The highest BCUT2D eigenvalue weighted by Gasteiger charge is 2.12. The summed E-state index contributed by atoms with van der Waals surface area (Å²) in [5.41, 5.74) is 7.41. The standard InChI is InChI=1S/C12H13N5OS/c1-6-3-4-15-11(9(6)10(13)14)19-12-16-7(2)5-8(18)17-12/h3-5H,1-2H3,(H3,13,14)(H,16,17,18). The van der Waals surface area contributed by atoms with Gasteiger partial charge in [0, 0.05) is 18.0 Å². The molecule has 19 heavy (non-hydrogen) atoms. The van der Waals surface area contributed by atoms with Crippen molar-refractivity contribution in [2.24, 2.45) is 5.73 Å². The molecule has 2 rings (SSSR count). The van der Waals surface area contributed by atoms with E-state index in [2.05, 4.69) is 15.0 Å². The molecule has 98 valence electrons. The first-order valence-electron chi connectivity index (χ1n) is 5.53. The van der Waals surface area contributed by atoms with Gasteiger partial charge in [0.25, 0.3) is 5.56 Å². The normalized spacial score (nSPS) is 10.4. The number of nitrogens with zero attached hydrogens (tertiary/aromatic N) is 2. The number of aromatic amines is 1. The topological polar surface area (TPSA) is 109 Å². The van der Waals surface area contributed by atoms with Gasteiger partial charge < -0.3 is 10.7 Å². The van der Waals surface area contributed by atoms with E-state index >= 15 is 0 Å². The SMILES string of the molecule is Cc1cc(=O)[nH]c(Sc2nccc(C)c2C(=N)N)n1. The Balaban J connectivity index is 2.46. The molecule has 4 N–H and O–H groups in total. The predicted octanol–water partition coefficient (Wildman–Crippen LogP) is 1.22. The largest absolute Gasteiger partial charge is 0.384 e. The van der Waals surface area contributed by atoms with Gasteiger partial charge in [0.1, 0.15) is 10.9 Å². The molecule has 0 spiro atoms. The van der Waals surface area contributed by atoms with E-state index in [0.717, 1.165) is 5.56 Å². The average molecular weight is 275 g/mol. The summed E-state index contributed by atoms with van der Waals surface area (Å²) in [4.78, 5) is 22.4. The fraction of sp³-hybridized carbons (Fsp3) is 0.167. The van der Waals surface area contributed by atoms with Gasteiger partial charge in [0.15, 0.2) is 5.16 Å². The van der Waals surface area contributed by atoms with Gasteiger partial charge in [0.2, 0.25) is 0 Å². The maximum absolute atomic E-state index is 11.4. The molecule has 0 aromatic carbocycles. The van der Waals surface area contributed by atoms with E-state index < -0.39 is 0 Å². The van der Waals surface area contributed by atoms with Crippen molar-refractivity contribution in [2.45, 2.75) is 24.0 Å². The van der Waals surface area contributed by atoms with Crippen molar-refractivity contribution in [3.63, 3.8) is 0 Å². The third kappa shape index (κ3) is 3.00. The summed E-state index contributed by atoms with van der Waals surface area (Å²) >= 11 is 1.19. The number of H-pyrrole nitrogens is 1. The second-order valence-electron chi connectivity index (χ2n) is 4.02. The van der Waals surface area contributed by atoms with E-state index in [-0.39, 0.29) is 11.4 Å². The lowest BCUT2D eigenvalue weighted by molar-refractivity contribution is 0.901. The smallest absolute Gasteiger partial charge is 0.251 e. The maximum atomic E-state index is 11.4. The molecule has 6 nitrogen and oxygen atoms in total. The Morgan fingerprint density at radius 2 is 2.21 bits per heavy atom. The van der Waals surface area contributed by atoms with E-state index in [1.165, 1.54) is 17.8 Å². The van der Waals surface area contributed by atoms with Crippen LogP contribution < -0.4 is 11.3 Å². The third-order valence-corrected chi connectivity index (χ3v) is 3.32. The number of pyridine rings is 1. The lowest BCUT2D eigenvalue weighted by Crippen LogP contribution is -2.15. The molecule has 7 heteroatoms. The van der Waals surface area contributed by atoms with Crippen LogP contribution in [-0.4, -0.2) is 20.8 Å². The Labute approximate surface area is 114 Å². The van der Waals surface area contributed by atoms with Gasteiger partial charge in [-0.3, -0.25) is 10.2 Å². The van der Waals surface area contributed by atoms with Gasteiger partial charge in [-0.2, -0.15) is 0 Å². The zero-order valence-corrected chi connectivity index (χ0v) is 11.3. The fourth-order valence-electron chi connectivity index (χ4n) is 1.63. The summed E-state index contributed by atoms with van der Waals surface area (Å²) in [6.07, 6.45) is 1.64. The summed E-state index contributed by atoms with van der Waals surface area (Å²) < 4.78 is 0. The quantitative estimate of drug-likeness (QED) is 0.443. The molecule has 0 saturated carbocycles. The molecule has 0 unspecified atom stereocenters. The number of nitrogens with one attached hydrogen (secondary N) is 2. The summed E-state index contributed by atoms with van der Waals surface area (Å²) in [6.45, 7) is 3.60. The molecule has 0 amide bonds. The minimum Gasteiger partial charge on any atom is -0.384 e. The number of aryl methyl sites for hydroxylation is 2. The Kier molecular flexibility index (Phi) is 3.66. The van der Waals surface area contributed by atoms with Gasteiger partial charge >= 0.3 is 0 Å². The molecule has 0 aliphatic rings. The number of rotatable bonds is 3. The minimum atomic E-state index is -0.216. The van der Waals surface area contributed by atoms with Gasteiger partial charge in [-0.1, -0.05) is 0 Å². The number of nitrogen functional groups attached to an aromatic ring is 1. The number of nitrogens with two attached hydrogens (primary N) is 1. The molecule has 0 radical (unpaired) electrons. The van der Waals surface area contributed by atoms with E-state index in [1.54, 1.807) is 19.2 Å². The molecule has 0 fully saturated rings. The van der Waals surface area contributed by atoms with Gasteiger partial charge in [-0.25, -0.2) is 9.97 Å². The Morgan fingerprint density at radius 1 is 1.47 bits per heavy atom. The van der Waals surface area contributed by atoms with Crippen LogP contribution in [0.15, 0.2) is 33.3 Å². The van der Waals surface area contributed by atoms with Gasteiger partial charge in [0.05, 0.1) is 5.56 Å². The van der Waals surface area contributed by atoms with Gasteiger partial charge in [-0.15, -0.1) is 0 Å². The van der Waals surface area contributed by atoms with Crippen LogP contribution in [-0.2, 0) is 0 Å². The molecule has 0 aliphatic heterocycles. The molecular weight excluding hydrogens is 262 g/mol. The van der Waals surface area contributed by atoms with Crippen molar-refractivity contribution in [3.05, 3.63) is 45.5 Å². The molecule has 0 bridgehead atoms. The van der Waals surface area contributed by atoms with E-state index in [9.17, 15) is 4.79 Å². The summed E-state index contributed by atoms with van der Waals surface area (Å²) in [5.74, 6) is -0.0527. The lowest BCUT2D eigenvalue weighted by atomic mass is 10.1. The first-order valence-corrected chi connectivity index (χ1v) is 6.35. The van der Waals surface area contributed by atoms with Crippen LogP contribution in [0, 0.1) is 19.3 Å². The van der Waals surface area contributed by atoms with Crippen molar-refractivity contribution in [3.8, 4) is 0 Å². The Bertz CT molecular complexity index is 695. The molecule has 2 aromatic rings. The van der Waals surface area contributed by atoms with Crippen LogP contribution in [0.3, 0.4) is 0 Å². The summed E-state index contributed by atoms with van der Waals surface area (Å²) in [6, 6.07) is 3.20. The second-order valence-corrected chi connectivity index (χ2v) is 4.99. The first-order chi connectivity index (χ1) is 8.97. The predicted molar refractivity (Wildman–Crippen MR) is 73.7 cm³/mol. The minimum absolute atomic E-state index is 0.0527. The monoisotopic (exact) mass is 275 g/mol. The van der Waals surface area contributed by atoms with Crippen molar-refractivity contribution >= 4 is 17.6 Å². The molecule has 0 atom stereocenters. The highest BCUT2D eigenvalue weighted by molar-refractivity contribution is 7.99. The average Bonchev–Trinajstić information content (AvgIpc) is 2.26. The highest BCUT2D eigenvalue weighted by atomic mass is 32.2. The lowest BCUT2D eigenvalue weighted by Gasteiger charge is -2.09. The number of hydrogen-bond acceptors (Lipinski definition) is 5. The van der Waals surface area contributed by atoms with Crippen LogP contribution in [0.2, 0.25) is 0 Å². The van der Waals surface area contributed by atoms with Crippen molar-refractivity contribution in [1.82, 2.24) is 15.0 Å². The molecule has 0 aliphatic carbocycles. The number of hydrogen-bond donors (Lipinski definition) is 3. The highest BCUT2D eigenvalue weighted by Crippen LogP contribution is 2.26. The van der Waals surface area contributed by atoms with Gasteiger partial charge in [-0.05, 0) is 37.2 Å². The first kappa shape index (κ1) is 13.3. The number of amidine groups is 1. The summed E-state index contributed by atoms with van der Waals surface area (Å²) in [7, 11) is 0. The van der Waals surface area contributed by atoms with Crippen LogP contribution in [0.25, 0.3) is 0 Å². The Morgan fingerprint density at radius 3 is 2.84 bits per heavy atom. The molecule has 2 heterocycles. The van der Waals surface area contributed by atoms with E-state index in [1.807, 2.05) is 6.92 Å². The van der Waals surface area contributed by atoms with Crippen molar-refractivity contribution < 1.29 is 0 Å².